The van der Waals surface area contributed by atoms with E-state index in [4.69, 9.17) is 28.6 Å². The van der Waals surface area contributed by atoms with Crippen molar-refractivity contribution in [1.29, 1.82) is 0 Å². The fourth-order valence-corrected chi connectivity index (χ4v) is 3.70. The van der Waals surface area contributed by atoms with Gasteiger partial charge in [-0.2, -0.15) is 0 Å². The Balaban J connectivity index is 1.63. The number of thiazole rings is 1. The molecule has 0 aliphatic carbocycles. The molecule has 0 spiro atoms. The molecule has 1 aromatic heterocycles. The second kappa shape index (κ2) is 8.79. The predicted octanol–water partition coefficient (Wildman–Crippen LogP) is 5.36. The Hall–Kier alpha value is -2.00. The third-order valence-electron chi connectivity index (χ3n) is 3.51. The van der Waals surface area contributed by atoms with Crippen LogP contribution in [-0.4, -0.2) is 23.1 Å². The molecular weight excluding hydrogens is 470 g/mol. The van der Waals surface area contributed by atoms with E-state index in [-0.39, 0.29) is 11.0 Å². The minimum absolute atomic E-state index is 0.156. The first-order valence-corrected chi connectivity index (χ1v) is 10.1. The molecule has 2 N–H and O–H groups in total. The summed E-state index contributed by atoms with van der Waals surface area (Å²) in [5, 5.41) is 8.54. The molecule has 1 amide bonds. The van der Waals surface area contributed by atoms with E-state index >= 15 is 0 Å². The topological polar surface area (TPSA) is 63.2 Å². The van der Waals surface area contributed by atoms with Crippen LogP contribution in [0.15, 0.2) is 52.3 Å². The number of nitrogens with one attached hydrogen (secondary N) is 2. The first-order chi connectivity index (χ1) is 13.0. The van der Waals surface area contributed by atoms with Gasteiger partial charge in [-0.3, -0.25) is 10.1 Å². The van der Waals surface area contributed by atoms with Crippen LogP contribution in [0.25, 0.3) is 11.3 Å². The summed E-state index contributed by atoms with van der Waals surface area (Å²) in [6.45, 7) is 0. The third-order valence-corrected chi connectivity index (χ3v) is 5.29. The number of carbonyl (C=O) groups is 1. The van der Waals surface area contributed by atoms with E-state index in [1.165, 1.54) is 24.5 Å². The number of benzene rings is 2. The number of hydrogen-bond acceptors (Lipinski definition) is 5. The van der Waals surface area contributed by atoms with Crippen molar-refractivity contribution < 1.29 is 9.53 Å². The SMILES string of the molecule is COc1ccc(C(=O)NC(=S)Nc2nc(-c3ccc(Br)cc3)cs2)cc1Cl. The monoisotopic (exact) mass is 481 g/mol. The number of thiocarbonyl (C=S) groups is 1. The molecule has 2 aromatic carbocycles. The largest absolute Gasteiger partial charge is 0.495 e. The number of hydrogen-bond donors (Lipinski definition) is 2. The van der Waals surface area contributed by atoms with E-state index < -0.39 is 0 Å². The van der Waals surface area contributed by atoms with E-state index in [2.05, 4.69) is 31.5 Å². The Kier molecular flexibility index (Phi) is 6.43. The summed E-state index contributed by atoms with van der Waals surface area (Å²) in [4.78, 5) is 16.8. The molecule has 9 heteroatoms. The molecular formula is C18H13BrClN3O2S2. The lowest BCUT2D eigenvalue weighted by molar-refractivity contribution is 0.0977. The first-order valence-electron chi connectivity index (χ1n) is 7.63. The summed E-state index contributed by atoms with van der Waals surface area (Å²) in [6, 6.07) is 12.6. The molecule has 27 heavy (non-hydrogen) atoms. The third kappa shape index (κ3) is 5.04. The van der Waals surface area contributed by atoms with Crippen LogP contribution >= 0.6 is 51.1 Å². The average Bonchev–Trinajstić information content (AvgIpc) is 3.10. The minimum atomic E-state index is -0.373. The van der Waals surface area contributed by atoms with Gasteiger partial charge in [0, 0.05) is 21.0 Å². The van der Waals surface area contributed by atoms with Crippen LogP contribution in [0.3, 0.4) is 0 Å². The Morgan fingerprint density at radius 3 is 2.67 bits per heavy atom. The standard InChI is InChI=1S/C18H13BrClN3O2S2/c1-25-15-7-4-11(8-13(15)20)16(24)22-17(26)23-18-21-14(9-27-18)10-2-5-12(19)6-3-10/h2-9H,1H3,(H2,21,22,23,24,26). The highest BCUT2D eigenvalue weighted by Gasteiger charge is 2.12. The lowest BCUT2D eigenvalue weighted by Crippen LogP contribution is -2.34. The van der Waals surface area contributed by atoms with Gasteiger partial charge in [-0.25, -0.2) is 4.98 Å². The van der Waals surface area contributed by atoms with Crippen molar-refractivity contribution >= 4 is 67.2 Å². The maximum absolute atomic E-state index is 12.3. The number of nitrogens with zero attached hydrogens (tertiary/aromatic N) is 1. The molecule has 0 radical (unpaired) electrons. The summed E-state index contributed by atoms with van der Waals surface area (Å²) in [5.74, 6) is 0.124. The number of methoxy groups -OCH3 is 1. The molecule has 0 unspecified atom stereocenters. The van der Waals surface area contributed by atoms with Gasteiger partial charge in [0.25, 0.3) is 5.91 Å². The number of carbonyl (C=O) groups excluding carboxylic acids is 1. The smallest absolute Gasteiger partial charge is 0.257 e. The first kappa shape index (κ1) is 19.8. The summed E-state index contributed by atoms with van der Waals surface area (Å²) in [5.41, 5.74) is 2.19. The summed E-state index contributed by atoms with van der Waals surface area (Å²) in [7, 11) is 1.51. The molecule has 1 heterocycles. The van der Waals surface area contributed by atoms with E-state index in [1.54, 1.807) is 12.1 Å². The predicted molar refractivity (Wildman–Crippen MR) is 117 cm³/mol. The maximum atomic E-state index is 12.3. The molecule has 0 bridgehead atoms. The van der Waals surface area contributed by atoms with Crippen molar-refractivity contribution in [3.05, 3.63) is 62.9 Å². The molecule has 5 nitrogen and oxygen atoms in total. The number of aromatic nitrogens is 1. The normalized spacial score (nSPS) is 10.3. The Morgan fingerprint density at radius 1 is 1.26 bits per heavy atom. The quantitative estimate of drug-likeness (QED) is 0.490. The van der Waals surface area contributed by atoms with Crippen LogP contribution in [-0.2, 0) is 0 Å². The van der Waals surface area contributed by atoms with Crippen LogP contribution in [0.4, 0.5) is 5.13 Å². The zero-order valence-electron chi connectivity index (χ0n) is 14.0. The second-order valence-corrected chi connectivity index (χ2v) is 7.89. The lowest BCUT2D eigenvalue weighted by atomic mass is 10.2. The van der Waals surface area contributed by atoms with Gasteiger partial charge in [0.15, 0.2) is 10.2 Å². The number of anilines is 1. The van der Waals surface area contributed by atoms with Gasteiger partial charge in [0.1, 0.15) is 5.75 Å². The van der Waals surface area contributed by atoms with Gasteiger partial charge < -0.3 is 10.1 Å². The van der Waals surface area contributed by atoms with Crippen LogP contribution < -0.4 is 15.4 Å². The number of ether oxygens (including phenoxy) is 1. The zero-order valence-corrected chi connectivity index (χ0v) is 17.9. The van der Waals surface area contributed by atoms with E-state index in [0.717, 1.165) is 15.7 Å². The molecule has 3 aromatic rings. The summed E-state index contributed by atoms with van der Waals surface area (Å²) in [6.07, 6.45) is 0. The van der Waals surface area contributed by atoms with Crippen molar-refractivity contribution in [3.8, 4) is 17.0 Å². The Morgan fingerprint density at radius 2 is 2.00 bits per heavy atom. The van der Waals surface area contributed by atoms with Gasteiger partial charge in [0.2, 0.25) is 0 Å². The van der Waals surface area contributed by atoms with E-state index in [9.17, 15) is 4.79 Å². The van der Waals surface area contributed by atoms with Crippen molar-refractivity contribution in [1.82, 2.24) is 10.3 Å². The lowest BCUT2D eigenvalue weighted by Gasteiger charge is -2.08. The summed E-state index contributed by atoms with van der Waals surface area (Å²) >= 11 is 16.0. The molecule has 138 valence electrons. The second-order valence-electron chi connectivity index (χ2n) is 5.30. The van der Waals surface area contributed by atoms with Gasteiger partial charge in [-0.15, -0.1) is 11.3 Å². The molecule has 3 rings (SSSR count). The highest BCUT2D eigenvalue weighted by atomic mass is 79.9. The molecule has 0 saturated carbocycles. The van der Waals surface area contributed by atoms with Crippen LogP contribution in [0.5, 0.6) is 5.75 Å². The summed E-state index contributed by atoms with van der Waals surface area (Å²) < 4.78 is 6.08. The fraction of sp³-hybridized carbons (Fsp3) is 0.0556. The Labute approximate surface area is 178 Å². The molecule has 0 aliphatic heterocycles. The molecule has 0 aliphatic rings. The number of rotatable bonds is 4. The van der Waals surface area contributed by atoms with Crippen molar-refractivity contribution in [2.75, 3.05) is 12.4 Å². The zero-order chi connectivity index (χ0) is 19.4. The van der Waals surface area contributed by atoms with Crippen LogP contribution in [0.1, 0.15) is 10.4 Å². The molecule has 0 fully saturated rings. The van der Waals surface area contributed by atoms with E-state index in [1.807, 2.05) is 29.6 Å². The number of halogens is 2. The average molecular weight is 483 g/mol. The Bertz CT molecular complexity index is 993. The fourth-order valence-electron chi connectivity index (χ4n) is 2.20. The van der Waals surface area contributed by atoms with Crippen LogP contribution in [0.2, 0.25) is 5.02 Å². The highest BCUT2D eigenvalue weighted by Crippen LogP contribution is 2.26. The van der Waals surface area contributed by atoms with Gasteiger partial charge >= 0.3 is 0 Å². The molecule has 0 saturated heterocycles. The van der Waals surface area contributed by atoms with Crippen molar-refractivity contribution in [3.63, 3.8) is 0 Å². The highest BCUT2D eigenvalue weighted by molar-refractivity contribution is 9.10. The molecule has 0 atom stereocenters. The number of amides is 1. The van der Waals surface area contributed by atoms with Gasteiger partial charge in [0.05, 0.1) is 17.8 Å². The maximum Gasteiger partial charge on any atom is 0.257 e. The van der Waals surface area contributed by atoms with Crippen molar-refractivity contribution in [2.45, 2.75) is 0 Å². The minimum Gasteiger partial charge on any atom is -0.495 e. The van der Waals surface area contributed by atoms with Gasteiger partial charge in [-0.1, -0.05) is 39.7 Å². The van der Waals surface area contributed by atoms with E-state index in [0.29, 0.717) is 21.5 Å². The van der Waals surface area contributed by atoms with Gasteiger partial charge in [-0.05, 0) is 42.5 Å². The van der Waals surface area contributed by atoms with Crippen molar-refractivity contribution in [2.24, 2.45) is 0 Å². The van der Waals surface area contributed by atoms with Crippen LogP contribution in [0, 0.1) is 0 Å².